The summed E-state index contributed by atoms with van der Waals surface area (Å²) in [7, 11) is 1.63. The Kier molecular flexibility index (Phi) is 4.69. The van der Waals surface area contributed by atoms with E-state index in [1.165, 1.54) is 23.9 Å². The number of thioether (sulfide) groups is 1. The number of anilines is 1. The van der Waals surface area contributed by atoms with Crippen molar-refractivity contribution in [2.75, 3.05) is 18.6 Å². The maximum Gasteiger partial charge on any atom is 0.410 e. The molecule has 0 spiro atoms. The van der Waals surface area contributed by atoms with Gasteiger partial charge in [0.1, 0.15) is 5.82 Å². The highest BCUT2D eigenvalue weighted by atomic mass is 32.2. The predicted molar refractivity (Wildman–Crippen MR) is 91.7 cm³/mol. The fourth-order valence-corrected chi connectivity index (χ4v) is 4.80. The van der Waals surface area contributed by atoms with Crippen LogP contribution in [0.4, 0.5) is 14.9 Å². The second-order valence-electron chi connectivity index (χ2n) is 6.16. The smallest absolute Gasteiger partial charge is 0.410 e. The molecule has 3 atom stereocenters. The van der Waals surface area contributed by atoms with Crippen LogP contribution in [0.1, 0.15) is 24.8 Å². The number of methoxy groups -OCH3 is 1. The summed E-state index contributed by atoms with van der Waals surface area (Å²) in [5.41, 5.74) is 5.89. The Morgan fingerprint density at radius 3 is 3.04 bits per heavy atom. The summed E-state index contributed by atoms with van der Waals surface area (Å²) in [5.74, 6) is 0.393. The van der Waals surface area contributed by atoms with Crippen LogP contribution in [0.5, 0.6) is 0 Å². The van der Waals surface area contributed by atoms with Gasteiger partial charge in [-0.15, -0.1) is 0 Å². The summed E-state index contributed by atoms with van der Waals surface area (Å²) >= 11 is 1.35. The zero-order chi connectivity index (χ0) is 17.3. The van der Waals surface area contributed by atoms with E-state index in [4.69, 9.17) is 15.6 Å². The fraction of sp³-hybridized carbons (Fsp3) is 0.500. The van der Waals surface area contributed by atoms with E-state index in [9.17, 15) is 9.18 Å². The molecule has 2 aliphatic rings. The first-order valence-electron chi connectivity index (χ1n) is 7.75. The molecule has 0 aromatic heterocycles. The highest BCUT2D eigenvalue weighted by molar-refractivity contribution is 8.13. The number of fused-ring (bicyclic) bond motifs is 1. The first-order valence-corrected chi connectivity index (χ1v) is 8.74. The monoisotopic (exact) mass is 353 g/mol. The highest BCUT2D eigenvalue weighted by Crippen LogP contribution is 2.50. The number of nitrogen functional groups attached to an aromatic ring is 1. The number of hydrogen-bond donors (Lipinski definition) is 3. The van der Waals surface area contributed by atoms with Gasteiger partial charge in [0, 0.05) is 30.5 Å². The number of benzene rings is 1. The van der Waals surface area contributed by atoms with Crippen LogP contribution in [0.15, 0.2) is 23.2 Å². The molecule has 4 N–H and O–H groups in total. The lowest BCUT2D eigenvalue weighted by Gasteiger charge is -2.46. The predicted octanol–water partition coefficient (Wildman–Crippen LogP) is 2.79. The SMILES string of the molecule is COC1CCC2CSC(NC(=O)O)=NC2(c2cc(N)ccc2F)C1. The molecule has 3 unspecified atom stereocenters. The Morgan fingerprint density at radius 2 is 2.33 bits per heavy atom. The Balaban J connectivity index is 2.12. The minimum atomic E-state index is -1.18. The molecule has 0 bridgehead atoms. The second-order valence-corrected chi connectivity index (χ2v) is 7.17. The molecule has 0 radical (unpaired) electrons. The minimum absolute atomic E-state index is 0.0555. The number of ether oxygens (including phenoxy) is 1. The molecule has 130 valence electrons. The van der Waals surface area contributed by atoms with Gasteiger partial charge in [-0.25, -0.2) is 9.18 Å². The van der Waals surface area contributed by atoms with Gasteiger partial charge in [0.05, 0.1) is 11.6 Å². The maximum atomic E-state index is 14.6. The number of nitrogens with two attached hydrogens (primary N) is 1. The number of aliphatic imine (C=N–C) groups is 1. The molecular formula is C16H20FN3O3S. The first-order chi connectivity index (χ1) is 11.4. The highest BCUT2D eigenvalue weighted by Gasteiger charge is 2.49. The van der Waals surface area contributed by atoms with E-state index in [-0.39, 0.29) is 23.0 Å². The minimum Gasteiger partial charge on any atom is -0.465 e. The third kappa shape index (κ3) is 3.08. The van der Waals surface area contributed by atoms with E-state index < -0.39 is 11.6 Å². The molecule has 1 saturated carbocycles. The molecule has 3 rings (SSSR count). The summed E-state index contributed by atoms with van der Waals surface area (Å²) in [6, 6.07) is 4.46. The van der Waals surface area contributed by atoms with Crippen LogP contribution in [-0.2, 0) is 10.3 Å². The quantitative estimate of drug-likeness (QED) is 0.711. The molecule has 24 heavy (non-hydrogen) atoms. The lowest BCUT2D eigenvalue weighted by Crippen LogP contribution is -2.48. The van der Waals surface area contributed by atoms with E-state index in [1.807, 2.05) is 0 Å². The summed E-state index contributed by atoms with van der Waals surface area (Å²) in [6.07, 6.45) is 0.982. The summed E-state index contributed by atoms with van der Waals surface area (Å²) in [5, 5.41) is 11.6. The molecule has 1 aromatic rings. The van der Waals surface area contributed by atoms with Crippen LogP contribution in [-0.4, -0.2) is 35.3 Å². The van der Waals surface area contributed by atoms with Gasteiger partial charge in [0.25, 0.3) is 0 Å². The molecule has 1 aliphatic carbocycles. The molecule has 6 nitrogen and oxygen atoms in total. The van der Waals surface area contributed by atoms with Gasteiger partial charge in [-0.1, -0.05) is 11.8 Å². The van der Waals surface area contributed by atoms with Crippen molar-refractivity contribution in [3.05, 3.63) is 29.6 Å². The van der Waals surface area contributed by atoms with Gasteiger partial charge in [0.2, 0.25) is 0 Å². The van der Waals surface area contributed by atoms with Crippen molar-refractivity contribution in [1.29, 1.82) is 0 Å². The lowest BCUT2D eigenvalue weighted by atomic mass is 9.68. The second kappa shape index (κ2) is 6.60. The number of carbonyl (C=O) groups is 1. The maximum absolute atomic E-state index is 14.6. The van der Waals surface area contributed by atoms with Gasteiger partial charge in [-0.2, -0.15) is 0 Å². The van der Waals surface area contributed by atoms with Gasteiger partial charge < -0.3 is 15.6 Å². The molecule has 8 heteroatoms. The lowest BCUT2D eigenvalue weighted by molar-refractivity contribution is 0.0192. The van der Waals surface area contributed by atoms with Crippen molar-refractivity contribution in [2.24, 2.45) is 10.9 Å². The first kappa shape index (κ1) is 17.0. The number of amides is 1. The Hall–Kier alpha value is -1.80. The van der Waals surface area contributed by atoms with E-state index in [1.54, 1.807) is 13.2 Å². The Bertz CT molecular complexity index is 685. The molecule has 1 aromatic carbocycles. The van der Waals surface area contributed by atoms with Crippen molar-refractivity contribution in [2.45, 2.75) is 30.9 Å². The van der Waals surface area contributed by atoms with Gasteiger partial charge in [-0.3, -0.25) is 10.3 Å². The van der Waals surface area contributed by atoms with E-state index in [0.717, 1.165) is 12.8 Å². The van der Waals surface area contributed by atoms with Crippen LogP contribution in [0.2, 0.25) is 0 Å². The number of halogens is 1. The third-order valence-electron chi connectivity index (χ3n) is 4.78. The van der Waals surface area contributed by atoms with Crippen LogP contribution < -0.4 is 11.1 Å². The average Bonchev–Trinajstić information content (AvgIpc) is 2.55. The van der Waals surface area contributed by atoms with Crippen molar-refractivity contribution >= 4 is 28.7 Å². The topological polar surface area (TPSA) is 96.9 Å². The van der Waals surface area contributed by atoms with Crippen LogP contribution in [0.3, 0.4) is 0 Å². The van der Waals surface area contributed by atoms with Crippen molar-refractivity contribution in [1.82, 2.24) is 5.32 Å². The van der Waals surface area contributed by atoms with Crippen LogP contribution in [0.25, 0.3) is 0 Å². The van der Waals surface area contributed by atoms with E-state index >= 15 is 0 Å². The molecule has 0 saturated heterocycles. The standard InChI is InChI=1S/C16H20FN3O3S/c1-23-11-4-2-9-8-24-14(19-15(21)22)20-16(9,7-11)12-6-10(18)3-5-13(12)17/h3,5-6,9,11H,2,4,7-8,18H2,1H3,(H,19,20)(H,21,22). The van der Waals surface area contributed by atoms with Crippen molar-refractivity contribution in [3.63, 3.8) is 0 Å². The summed E-state index contributed by atoms with van der Waals surface area (Å²) in [4.78, 5) is 15.6. The van der Waals surface area contributed by atoms with Crippen LogP contribution in [0, 0.1) is 11.7 Å². The van der Waals surface area contributed by atoms with Crippen LogP contribution >= 0.6 is 11.8 Å². The number of rotatable bonds is 2. The molecule has 1 fully saturated rings. The Morgan fingerprint density at radius 1 is 1.54 bits per heavy atom. The van der Waals surface area contributed by atoms with Crippen molar-refractivity contribution in [3.8, 4) is 0 Å². The fourth-order valence-electron chi connectivity index (χ4n) is 3.61. The zero-order valence-electron chi connectivity index (χ0n) is 13.3. The molecular weight excluding hydrogens is 333 g/mol. The van der Waals surface area contributed by atoms with Gasteiger partial charge in [-0.05, 0) is 37.0 Å². The van der Waals surface area contributed by atoms with Gasteiger partial charge in [0.15, 0.2) is 5.17 Å². The third-order valence-corrected chi connectivity index (χ3v) is 5.81. The number of nitrogens with zero attached hydrogens (tertiary/aromatic N) is 1. The van der Waals surface area contributed by atoms with E-state index in [0.29, 0.717) is 23.4 Å². The largest absolute Gasteiger partial charge is 0.465 e. The number of hydrogen-bond acceptors (Lipinski definition) is 5. The molecule has 1 aliphatic heterocycles. The van der Waals surface area contributed by atoms with Crippen molar-refractivity contribution < 1.29 is 19.0 Å². The van der Waals surface area contributed by atoms with Gasteiger partial charge >= 0.3 is 6.09 Å². The number of amidine groups is 1. The zero-order valence-corrected chi connectivity index (χ0v) is 14.1. The average molecular weight is 353 g/mol. The number of carboxylic acid groups (broad SMARTS) is 1. The summed E-state index contributed by atoms with van der Waals surface area (Å²) < 4.78 is 20.1. The summed E-state index contributed by atoms with van der Waals surface area (Å²) in [6.45, 7) is 0. The molecule has 1 heterocycles. The normalized spacial score (nSPS) is 29.5. The molecule has 1 amide bonds. The number of nitrogens with one attached hydrogen (secondary N) is 1. The van der Waals surface area contributed by atoms with E-state index in [2.05, 4.69) is 10.3 Å². The Labute approximate surface area is 143 Å².